The van der Waals surface area contributed by atoms with Crippen LogP contribution < -0.4 is 0 Å². The molecule has 0 radical (unpaired) electrons. The van der Waals surface area contributed by atoms with Crippen molar-refractivity contribution >= 4 is 30.8 Å². The van der Waals surface area contributed by atoms with Crippen LogP contribution in [0.15, 0.2) is 77.7 Å². The van der Waals surface area contributed by atoms with Crippen molar-refractivity contribution in [1.82, 2.24) is 8.61 Å². The summed E-state index contributed by atoms with van der Waals surface area (Å²) < 4.78 is 54.3. The highest BCUT2D eigenvalue weighted by Gasteiger charge is 2.32. The minimum absolute atomic E-state index is 0.0223. The number of aryl methyl sites for hydroxylation is 1. The standard InChI is InChI=1S/C22H24N2O4S2/c25-29(26,17-12-19-6-2-1-3-7-19)23-13-15-24(16-14-23)30(27,28)22-11-10-20-8-4-5-9-21(20)18-22/h1-11,18H,12-17H2. The van der Waals surface area contributed by atoms with Crippen molar-refractivity contribution in [3.8, 4) is 0 Å². The van der Waals surface area contributed by atoms with Gasteiger partial charge in [-0.25, -0.2) is 16.8 Å². The molecule has 0 amide bonds. The second-order valence-electron chi connectivity index (χ2n) is 7.36. The highest BCUT2D eigenvalue weighted by atomic mass is 32.2. The average molecular weight is 445 g/mol. The Kier molecular flexibility index (Phi) is 5.92. The quantitative estimate of drug-likeness (QED) is 0.586. The smallest absolute Gasteiger partial charge is 0.212 e. The second-order valence-corrected chi connectivity index (χ2v) is 11.4. The summed E-state index contributed by atoms with van der Waals surface area (Å²) >= 11 is 0. The maximum atomic E-state index is 13.1. The molecule has 0 N–H and O–H groups in total. The van der Waals surface area contributed by atoms with E-state index in [-0.39, 0.29) is 36.8 Å². The Hall–Kier alpha value is -2.26. The Labute approximate surface area is 177 Å². The van der Waals surface area contributed by atoms with E-state index >= 15 is 0 Å². The molecular weight excluding hydrogens is 420 g/mol. The average Bonchev–Trinajstić information content (AvgIpc) is 2.78. The number of hydrogen-bond donors (Lipinski definition) is 0. The van der Waals surface area contributed by atoms with Gasteiger partial charge in [0.2, 0.25) is 20.0 Å². The minimum atomic E-state index is -3.67. The van der Waals surface area contributed by atoms with Crippen LogP contribution in [-0.2, 0) is 26.5 Å². The van der Waals surface area contributed by atoms with E-state index in [1.54, 1.807) is 18.2 Å². The number of nitrogens with zero attached hydrogens (tertiary/aromatic N) is 2. The molecular formula is C22H24N2O4S2. The van der Waals surface area contributed by atoms with Gasteiger partial charge in [-0.2, -0.15) is 8.61 Å². The van der Waals surface area contributed by atoms with Crippen LogP contribution in [0.3, 0.4) is 0 Å². The van der Waals surface area contributed by atoms with Crippen LogP contribution in [0.25, 0.3) is 10.8 Å². The lowest BCUT2D eigenvalue weighted by Gasteiger charge is -2.33. The first-order valence-electron chi connectivity index (χ1n) is 9.87. The molecule has 0 aromatic heterocycles. The summed E-state index contributed by atoms with van der Waals surface area (Å²) in [5.74, 6) is 0.0223. The van der Waals surface area contributed by atoms with Crippen LogP contribution in [0.2, 0.25) is 0 Å². The number of benzene rings is 3. The van der Waals surface area contributed by atoms with E-state index in [1.165, 1.54) is 8.61 Å². The molecule has 30 heavy (non-hydrogen) atoms. The third-order valence-electron chi connectivity index (χ3n) is 5.44. The number of hydrogen-bond acceptors (Lipinski definition) is 4. The Balaban J connectivity index is 1.42. The van der Waals surface area contributed by atoms with Gasteiger partial charge >= 0.3 is 0 Å². The van der Waals surface area contributed by atoms with Gasteiger partial charge in [-0.1, -0.05) is 60.7 Å². The molecule has 0 spiro atoms. The van der Waals surface area contributed by atoms with Gasteiger partial charge in [-0.15, -0.1) is 0 Å². The third-order valence-corrected chi connectivity index (χ3v) is 9.21. The van der Waals surface area contributed by atoms with E-state index < -0.39 is 20.0 Å². The molecule has 0 atom stereocenters. The van der Waals surface area contributed by atoms with Crippen LogP contribution in [0.1, 0.15) is 5.56 Å². The summed E-state index contributed by atoms with van der Waals surface area (Å²) in [5, 5.41) is 1.84. The first-order chi connectivity index (χ1) is 14.4. The Bertz CT molecular complexity index is 1230. The maximum absolute atomic E-state index is 13.1. The fraction of sp³-hybridized carbons (Fsp3) is 0.273. The van der Waals surface area contributed by atoms with Gasteiger partial charge < -0.3 is 0 Å². The van der Waals surface area contributed by atoms with Crippen molar-refractivity contribution in [1.29, 1.82) is 0 Å². The predicted octanol–water partition coefficient (Wildman–Crippen LogP) is 2.72. The zero-order valence-electron chi connectivity index (χ0n) is 16.5. The highest BCUT2D eigenvalue weighted by molar-refractivity contribution is 7.89. The van der Waals surface area contributed by atoms with Gasteiger partial charge in [0.1, 0.15) is 0 Å². The molecule has 0 unspecified atom stereocenters. The molecule has 1 heterocycles. The molecule has 0 saturated carbocycles. The van der Waals surface area contributed by atoms with Crippen LogP contribution in [-0.4, -0.2) is 57.4 Å². The van der Waals surface area contributed by atoms with Gasteiger partial charge in [-0.05, 0) is 34.9 Å². The third kappa shape index (κ3) is 4.41. The van der Waals surface area contributed by atoms with Crippen molar-refractivity contribution in [2.75, 3.05) is 31.9 Å². The van der Waals surface area contributed by atoms with Gasteiger partial charge in [-0.3, -0.25) is 0 Å². The van der Waals surface area contributed by atoms with Crippen LogP contribution in [0.4, 0.5) is 0 Å². The lowest BCUT2D eigenvalue weighted by molar-refractivity contribution is 0.273. The van der Waals surface area contributed by atoms with Gasteiger partial charge in [0.25, 0.3) is 0 Å². The number of piperazine rings is 1. The Morgan fingerprint density at radius 1 is 0.667 bits per heavy atom. The normalized spacial score (nSPS) is 16.7. The van der Waals surface area contributed by atoms with E-state index in [4.69, 9.17) is 0 Å². The second kappa shape index (κ2) is 8.47. The van der Waals surface area contributed by atoms with Crippen molar-refractivity contribution in [3.63, 3.8) is 0 Å². The van der Waals surface area contributed by atoms with Gasteiger partial charge in [0, 0.05) is 26.2 Å². The Morgan fingerprint density at radius 3 is 1.97 bits per heavy atom. The zero-order valence-corrected chi connectivity index (χ0v) is 18.1. The summed E-state index contributed by atoms with van der Waals surface area (Å²) in [6.07, 6.45) is 0.443. The Morgan fingerprint density at radius 2 is 1.27 bits per heavy atom. The van der Waals surface area contributed by atoms with Crippen LogP contribution >= 0.6 is 0 Å². The van der Waals surface area contributed by atoms with E-state index in [9.17, 15) is 16.8 Å². The lowest BCUT2D eigenvalue weighted by atomic mass is 10.1. The van der Waals surface area contributed by atoms with E-state index in [2.05, 4.69) is 0 Å². The molecule has 1 aliphatic heterocycles. The van der Waals surface area contributed by atoms with Gasteiger partial charge in [0.05, 0.1) is 10.6 Å². The van der Waals surface area contributed by atoms with Crippen LogP contribution in [0, 0.1) is 0 Å². The molecule has 1 saturated heterocycles. The SMILES string of the molecule is O=S(=O)(CCc1ccccc1)N1CCN(S(=O)(=O)c2ccc3ccccc3c2)CC1. The molecule has 0 bridgehead atoms. The van der Waals surface area contributed by atoms with E-state index in [0.29, 0.717) is 6.42 Å². The number of rotatable bonds is 6. The summed E-state index contributed by atoms with van der Waals surface area (Å²) in [7, 11) is -7.10. The molecule has 6 nitrogen and oxygen atoms in total. The van der Waals surface area contributed by atoms with Crippen molar-refractivity contribution in [3.05, 3.63) is 78.4 Å². The topological polar surface area (TPSA) is 74.8 Å². The maximum Gasteiger partial charge on any atom is 0.243 e. The molecule has 4 rings (SSSR count). The molecule has 3 aromatic rings. The monoisotopic (exact) mass is 444 g/mol. The largest absolute Gasteiger partial charge is 0.243 e. The molecule has 3 aromatic carbocycles. The first-order valence-corrected chi connectivity index (χ1v) is 12.9. The van der Waals surface area contributed by atoms with E-state index in [1.807, 2.05) is 54.6 Å². The molecule has 8 heteroatoms. The first kappa shape index (κ1) is 21.0. The van der Waals surface area contributed by atoms with Crippen molar-refractivity contribution in [2.45, 2.75) is 11.3 Å². The summed E-state index contributed by atoms with van der Waals surface area (Å²) in [4.78, 5) is 0.238. The van der Waals surface area contributed by atoms with Crippen LogP contribution in [0.5, 0.6) is 0 Å². The fourth-order valence-electron chi connectivity index (χ4n) is 3.69. The van der Waals surface area contributed by atoms with Crippen molar-refractivity contribution < 1.29 is 16.8 Å². The summed E-state index contributed by atoms with van der Waals surface area (Å²) in [5.41, 5.74) is 0.971. The minimum Gasteiger partial charge on any atom is -0.212 e. The molecule has 158 valence electrons. The lowest BCUT2D eigenvalue weighted by Crippen LogP contribution is -2.51. The predicted molar refractivity (Wildman–Crippen MR) is 118 cm³/mol. The van der Waals surface area contributed by atoms with E-state index in [0.717, 1.165) is 16.3 Å². The zero-order chi connectivity index (χ0) is 21.2. The van der Waals surface area contributed by atoms with Crippen molar-refractivity contribution in [2.24, 2.45) is 0 Å². The number of fused-ring (bicyclic) bond motifs is 1. The summed E-state index contributed by atoms with van der Waals surface area (Å²) in [6.45, 7) is 0.646. The fourth-order valence-corrected chi connectivity index (χ4v) is 6.62. The molecule has 0 aliphatic carbocycles. The summed E-state index contributed by atoms with van der Waals surface area (Å²) in [6, 6.07) is 22.2. The van der Waals surface area contributed by atoms with Gasteiger partial charge in [0.15, 0.2) is 0 Å². The molecule has 1 fully saturated rings. The highest BCUT2D eigenvalue weighted by Crippen LogP contribution is 2.23. The number of sulfonamides is 2. The molecule has 1 aliphatic rings.